The largest absolute Gasteiger partial charge is 0.482 e. The summed E-state index contributed by atoms with van der Waals surface area (Å²) in [4.78, 5) is 22.3. The van der Waals surface area contributed by atoms with E-state index in [0.717, 1.165) is 18.6 Å². The number of rotatable bonds is 0. The van der Waals surface area contributed by atoms with E-state index in [1.807, 2.05) is 0 Å². The highest BCUT2D eigenvalue weighted by Gasteiger charge is 2.51. The van der Waals surface area contributed by atoms with Gasteiger partial charge in [-0.2, -0.15) is 0 Å². The molecule has 2 unspecified atom stereocenters. The normalized spacial score (nSPS) is 37.0. The molecule has 2 fully saturated rings. The van der Waals surface area contributed by atoms with Crippen LogP contribution in [0.15, 0.2) is 11.3 Å². The standard InChI is InChI=1S/C8H7NO3/c10-7-3-1-2-4-6(12-4)5(3)8(11)9-7/h3-4H,1-2H2,(H,9,10,11). The first-order chi connectivity index (χ1) is 5.77. The van der Waals surface area contributed by atoms with Crippen molar-refractivity contribution in [2.75, 3.05) is 0 Å². The first kappa shape index (κ1) is 6.22. The minimum Gasteiger partial charge on any atom is -0.482 e. The number of amides is 2. The predicted octanol–water partition coefficient (Wildman–Crippen LogP) is -0.294. The first-order valence-electron chi connectivity index (χ1n) is 4.03. The molecule has 3 rings (SSSR count). The number of epoxide rings is 1. The van der Waals surface area contributed by atoms with E-state index in [1.54, 1.807) is 0 Å². The van der Waals surface area contributed by atoms with E-state index in [4.69, 9.17) is 4.74 Å². The van der Waals surface area contributed by atoms with Gasteiger partial charge in [-0.3, -0.25) is 14.9 Å². The van der Waals surface area contributed by atoms with Crippen molar-refractivity contribution in [1.29, 1.82) is 0 Å². The SMILES string of the molecule is O=C1NC(=O)C2CCC3OC3=C12. The summed E-state index contributed by atoms with van der Waals surface area (Å²) in [6.45, 7) is 0. The van der Waals surface area contributed by atoms with Crippen LogP contribution in [0.5, 0.6) is 0 Å². The van der Waals surface area contributed by atoms with Gasteiger partial charge in [0, 0.05) is 0 Å². The maximum absolute atomic E-state index is 11.2. The highest BCUT2D eigenvalue weighted by molar-refractivity contribution is 6.15. The summed E-state index contributed by atoms with van der Waals surface area (Å²) < 4.78 is 5.18. The van der Waals surface area contributed by atoms with Gasteiger partial charge in [-0.05, 0) is 12.8 Å². The van der Waals surface area contributed by atoms with Gasteiger partial charge < -0.3 is 4.74 Å². The zero-order valence-corrected chi connectivity index (χ0v) is 6.29. The average Bonchev–Trinajstić information content (AvgIpc) is 2.74. The summed E-state index contributed by atoms with van der Waals surface area (Å²) in [6.07, 6.45) is 1.78. The van der Waals surface area contributed by atoms with Crippen molar-refractivity contribution in [3.05, 3.63) is 11.3 Å². The van der Waals surface area contributed by atoms with E-state index in [-0.39, 0.29) is 23.8 Å². The van der Waals surface area contributed by atoms with Crippen LogP contribution in [0.3, 0.4) is 0 Å². The van der Waals surface area contributed by atoms with E-state index in [9.17, 15) is 9.59 Å². The lowest BCUT2D eigenvalue weighted by Crippen LogP contribution is -2.22. The summed E-state index contributed by atoms with van der Waals surface area (Å²) in [5.41, 5.74) is 0.594. The maximum atomic E-state index is 11.2. The van der Waals surface area contributed by atoms with Gasteiger partial charge in [0.25, 0.3) is 5.91 Å². The number of carbonyl (C=O) groups is 2. The Morgan fingerprint density at radius 2 is 2.17 bits per heavy atom. The highest BCUT2D eigenvalue weighted by atomic mass is 16.6. The number of hydrogen-bond donors (Lipinski definition) is 1. The first-order valence-corrected chi connectivity index (χ1v) is 4.03. The number of fused-ring (bicyclic) bond motifs is 2. The number of hydrogen-bond acceptors (Lipinski definition) is 3. The molecule has 12 heavy (non-hydrogen) atoms. The van der Waals surface area contributed by atoms with Crippen LogP contribution in [0.25, 0.3) is 0 Å². The fourth-order valence-electron chi connectivity index (χ4n) is 1.98. The molecule has 2 heterocycles. The molecule has 0 aromatic carbocycles. The maximum Gasteiger partial charge on any atom is 0.258 e. The van der Waals surface area contributed by atoms with Crippen LogP contribution in [0.2, 0.25) is 0 Å². The van der Waals surface area contributed by atoms with Crippen LogP contribution in [-0.4, -0.2) is 17.9 Å². The molecule has 0 saturated carbocycles. The lowest BCUT2D eigenvalue weighted by atomic mass is 9.90. The predicted molar refractivity (Wildman–Crippen MR) is 37.8 cm³/mol. The fraction of sp³-hybridized carbons (Fsp3) is 0.500. The van der Waals surface area contributed by atoms with Crippen molar-refractivity contribution in [2.24, 2.45) is 5.92 Å². The van der Waals surface area contributed by atoms with Gasteiger partial charge in [0.05, 0.1) is 11.5 Å². The molecular formula is C8H7NO3. The Labute approximate surface area is 68.6 Å². The topological polar surface area (TPSA) is 58.7 Å². The van der Waals surface area contributed by atoms with E-state index >= 15 is 0 Å². The molecule has 0 spiro atoms. The van der Waals surface area contributed by atoms with Crippen LogP contribution in [0.4, 0.5) is 0 Å². The van der Waals surface area contributed by atoms with Gasteiger partial charge >= 0.3 is 0 Å². The Kier molecular flexibility index (Phi) is 0.885. The minimum absolute atomic E-state index is 0.146. The molecular weight excluding hydrogens is 158 g/mol. The van der Waals surface area contributed by atoms with E-state index in [2.05, 4.69) is 5.32 Å². The second-order valence-electron chi connectivity index (χ2n) is 3.33. The van der Waals surface area contributed by atoms with Crippen LogP contribution < -0.4 is 5.32 Å². The molecule has 0 aromatic rings. The van der Waals surface area contributed by atoms with Gasteiger partial charge in [0.2, 0.25) is 5.91 Å². The molecule has 0 bridgehead atoms. The van der Waals surface area contributed by atoms with Crippen molar-refractivity contribution < 1.29 is 14.3 Å². The van der Waals surface area contributed by atoms with Crippen molar-refractivity contribution in [2.45, 2.75) is 18.9 Å². The average molecular weight is 165 g/mol. The molecule has 1 N–H and O–H groups in total. The van der Waals surface area contributed by atoms with Crippen LogP contribution in [0, 0.1) is 5.92 Å². The lowest BCUT2D eigenvalue weighted by molar-refractivity contribution is -0.125. The van der Waals surface area contributed by atoms with Crippen molar-refractivity contribution in [3.8, 4) is 0 Å². The van der Waals surface area contributed by atoms with Gasteiger partial charge in [-0.1, -0.05) is 0 Å². The molecule has 0 radical (unpaired) electrons. The van der Waals surface area contributed by atoms with E-state index < -0.39 is 0 Å². The van der Waals surface area contributed by atoms with Gasteiger partial charge in [0.15, 0.2) is 6.10 Å². The minimum atomic E-state index is -0.248. The third kappa shape index (κ3) is 0.581. The van der Waals surface area contributed by atoms with Crippen molar-refractivity contribution in [3.63, 3.8) is 0 Å². The molecule has 4 heteroatoms. The van der Waals surface area contributed by atoms with Crippen LogP contribution in [-0.2, 0) is 14.3 Å². The molecule has 4 nitrogen and oxygen atoms in total. The van der Waals surface area contributed by atoms with Crippen LogP contribution in [0.1, 0.15) is 12.8 Å². The van der Waals surface area contributed by atoms with E-state index in [0.29, 0.717) is 5.57 Å². The molecule has 1 aliphatic carbocycles. The van der Waals surface area contributed by atoms with Gasteiger partial charge in [-0.15, -0.1) is 0 Å². The Bertz CT molecular complexity index is 331. The monoisotopic (exact) mass is 165 g/mol. The Morgan fingerprint density at radius 3 is 3.00 bits per heavy atom. The summed E-state index contributed by atoms with van der Waals surface area (Å²) in [7, 11) is 0. The summed E-state index contributed by atoms with van der Waals surface area (Å²) in [5.74, 6) is 0.138. The number of nitrogens with one attached hydrogen (secondary N) is 1. The Balaban J connectivity index is 2.13. The molecule has 2 saturated heterocycles. The van der Waals surface area contributed by atoms with Gasteiger partial charge in [0.1, 0.15) is 5.76 Å². The third-order valence-corrected chi connectivity index (χ3v) is 2.63. The summed E-state index contributed by atoms with van der Waals surface area (Å²) in [6, 6.07) is 0. The molecule has 3 aliphatic rings. The lowest BCUT2D eigenvalue weighted by Gasteiger charge is -2.06. The van der Waals surface area contributed by atoms with E-state index in [1.165, 1.54) is 0 Å². The molecule has 2 aliphatic heterocycles. The third-order valence-electron chi connectivity index (χ3n) is 2.63. The molecule has 62 valence electrons. The summed E-state index contributed by atoms with van der Waals surface area (Å²) in [5, 5.41) is 2.30. The van der Waals surface area contributed by atoms with Crippen LogP contribution >= 0.6 is 0 Å². The van der Waals surface area contributed by atoms with Crippen molar-refractivity contribution >= 4 is 11.8 Å². The second kappa shape index (κ2) is 1.71. The summed E-state index contributed by atoms with van der Waals surface area (Å²) >= 11 is 0. The smallest absolute Gasteiger partial charge is 0.258 e. The highest BCUT2D eigenvalue weighted by Crippen LogP contribution is 2.45. The van der Waals surface area contributed by atoms with Crippen molar-refractivity contribution in [1.82, 2.24) is 5.32 Å². The zero-order valence-electron chi connectivity index (χ0n) is 6.29. The quantitative estimate of drug-likeness (QED) is 0.396. The number of carbonyl (C=O) groups excluding carboxylic acids is 2. The number of imide groups is 1. The Hall–Kier alpha value is -1.32. The molecule has 0 aromatic heterocycles. The molecule has 2 atom stereocenters. The zero-order chi connectivity index (χ0) is 8.29. The second-order valence-corrected chi connectivity index (χ2v) is 3.33. The fourth-order valence-corrected chi connectivity index (χ4v) is 1.98. The number of ether oxygens (including phenoxy) is 1. The Morgan fingerprint density at radius 1 is 1.33 bits per heavy atom. The van der Waals surface area contributed by atoms with Gasteiger partial charge in [-0.25, -0.2) is 0 Å². The molecule has 2 amide bonds.